The van der Waals surface area contributed by atoms with E-state index in [0.717, 1.165) is 11.4 Å². The van der Waals surface area contributed by atoms with Crippen molar-refractivity contribution in [1.82, 2.24) is 15.1 Å². The number of anilines is 1. The summed E-state index contributed by atoms with van der Waals surface area (Å²) in [6.45, 7) is 1.90. The van der Waals surface area contributed by atoms with Crippen LogP contribution in [0.15, 0.2) is 41.2 Å². The molecule has 1 aromatic rings. The number of rotatable bonds is 2. The molecule has 3 aliphatic rings. The summed E-state index contributed by atoms with van der Waals surface area (Å²) in [4.78, 5) is 45.0. The van der Waals surface area contributed by atoms with Crippen LogP contribution in [0.5, 0.6) is 0 Å². The van der Waals surface area contributed by atoms with Crippen LogP contribution in [0.3, 0.4) is 0 Å². The summed E-state index contributed by atoms with van der Waals surface area (Å²) in [6.07, 6.45) is 1.25. The van der Waals surface area contributed by atoms with E-state index < -0.39 is 24.1 Å². The highest BCUT2D eigenvalue weighted by Crippen LogP contribution is 2.34. The molecule has 128 valence electrons. The van der Waals surface area contributed by atoms with Crippen LogP contribution in [0.2, 0.25) is 0 Å². The molecule has 3 aliphatic heterocycles. The quantitative estimate of drug-likeness (QED) is 0.788. The zero-order valence-electron chi connectivity index (χ0n) is 13.6. The molecular weight excluding hydrogens is 324 g/mol. The maximum Gasteiger partial charge on any atom is 0.325 e. The smallest absolute Gasteiger partial charge is 0.325 e. The van der Waals surface area contributed by atoms with Crippen molar-refractivity contribution in [3.63, 3.8) is 0 Å². The molecule has 0 aliphatic carbocycles. The minimum atomic E-state index is -0.595. The lowest BCUT2D eigenvalue weighted by Crippen LogP contribution is -2.62. The van der Waals surface area contributed by atoms with Crippen LogP contribution in [0.25, 0.3) is 0 Å². The van der Waals surface area contributed by atoms with Gasteiger partial charge in [0.05, 0.1) is 0 Å². The van der Waals surface area contributed by atoms with Gasteiger partial charge in [-0.2, -0.15) is 0 Å². The average molecular weight is 340 g/mol. The molecule has 3 N–H and O–H groups in total. The van der Waals surface area contributed by atoms with Crippen LogP contribution in [0.1, 0.15) is 17.3 Å². The summed E-state index contributed by atoms with van der Waals surface area (Å²) >= 11 is 0. The van der Waals surface area contributed by atoms with E-state index in [1.165, 1.54) is 4.90 Å². The van der Waals surface area contributed by atoms with Gasteiger partial charge in [-0.05, 0) is 31.2 Å². The summed E-state index contributed by atoms with van der Waals surface area (Å²) in [5.41, 5.74) is 7.34. The van der Waals surface area contributed by atoms with Crippen LogP contribution >= 0.6 is 0 Å². The second kappa shape index (κ2) is 5.07. The van der Waals surface area contributed by atoms with E-state index in [4.69, 9.17) is 5.73 Å². The van der Waals surface area contributed by atoms with Crippen molar-refractivity contribution in [2.24, 2.45) is 10.7 Å². The Hall–Kier alpha value is -3.36. The Morgan fingerprint density at radius 2 is 1.92 bits per heavy atom. The Labute approximate surface area is 143 Å². The van der Waals surface area contributed by atoms with Crippen molar-refractivity contribution in [3.05, 3.63) is 41.7 Å². The fourth-order valence-corrected chi connectivity index (χ4v) is 3.29. The third kappa shape index (κ3) is 2.09. The Kier molecular flexibility index (Phi) is 3.08. The minimum Gasteiger partial charge on any atom is -0.366 e. The van der Waals surface area contributed by atoms with E-state index >= 15 is 0 Å². The van der Waals surface area contributed by atoms with Gasteiger partial charge in [0.1, 0.15) is 0 Å². The molecule has 9 heteroatoms. The Bertz CT molecular complexity index is 859. The topological polar surface area (TPSA) is 111 Å². The van der Waals surface area contributed by atoms with Crippen molar-refractivity contribution in [3.8, 4) is 0 Å². The lowest BCUT2D eigenvalue weighted by Gasteiger charge is -2.34. The van der Waals surface area contributed by atoms with Gasteiger partial charge in [0, 0.05) is 30.2 Å². The highest BCUT2D eigenvalue weighted by molar-refractivity contribution is 6.10. The van der Waals surface area contributed by atoms with Crippen LogP contribution in [-0.4, -0.2) is 52.9 Å². The summed E-state index contributed by atoms with van der Waals surface area (Å²) in [7, 11) is 1.61. The number of nitrogens with zero attached hydrogens (tertiary/aromatic N) is 4. The lowest BCUT2D eigenvalue weighted by molar-refractivity contribution is -0.126. The van der Waals surface area contributed by atoms with Gasteiger partial charge >= 0.3 is 6.03 Å². The zero-order chi connectivity index (χ0) is 17.9. The number of carbonyl (C=O) groups excluding carboxylic acids is 3. The standard InChI is InChI=1S/C16H16N6O3/c1-8-7-21-11-13(20(2)16(25)19-14(11)24)18-15(21)22(8)10-5-3-9(4-6-10)12(17)23/h3-7,11,13H,1-2H3,(H2,17,23)(H,19,24,25). The van der Waals surface area contributed by atoms with Gasteiger partial charge < -0.3 is 15.5 Å². The number of hydrogen-bond donors (Lipinski definition) is 2. The van der Waals surface area contributed by atoms with E-state index in [-0.39, 0.29) is 5.91 Å². The second-order valence-corrected chi connectivity index (χ2v) is 6.12. The van der Waals surface area contributed by atoms with Gasteiger partial charge in [-0.25, -0.2) is 9.79 Å². The lowest BCUT2D eigenvalue weighted by atomic mass is 10.1. The molecule has 2 atom stereocenters. The first-order chi connectivity index (χ1) is 11.9. The van der Waals surface area contributed by atoms with Gasteiger partial charge in [0.15, 0.2) is 12.2 Å². The van der Waals surface area contributed by atoms with Gasteiger partial charge in [0.25, 0.3) is 5.91 Å². The number of carbonyl (C=O) groups is 3. The average Bonchev–Trinajstić information content (AvgIpc) is 3.07. The van der Waals surface area contributed by atoms with E-state index in [9.17, 15) is 14.4 Å². The molecule has 0 saturated carbocycles. The Balaban J connectivity index is 1.72. The zero-order valence-corrected chi connectivity index (χ0v) is 13.6. The van der Waals surface area contributed by atoms with Crippen molar-refractivity contribution in [1.29, 1.82) is 0 Å². The molecule has 0 bridgehead atoms. The SMILES string of the molecule is CC1=CN2C(=NC3C2C(=O)NC(=O)N3C)N1c1ccc(C(N)=O)cc1. The normalized spacial score (nSPS) is 24.6. The van der Waals surface area contributed by atoms with Gasteiger partial charge in [-0.15, -0.1) is 0 Å². The van der Waals surface area contributed by atoms with Crippen LogP contribution in [-0.2, 0) is 4.79 Å². The number of allylic oxidation sites excluding steroid dienone is 1. The third-order valence-electron chi connectivity index (χ3n) is 4.57. The molecule has 25 heavy (non-hydrogen) atoms. The van der Waals surface area contributed by atoms with Gasteiger partial charge in [0.2, 0.25) is 11.9 Å². The maximum absolute atomic E-state index is 12.3. The predicted molar refractivity (Wildman–Crippen MR) is 89.3 cm³/mol. The van der Waals surface area contributed by atoms with Gasteiger partial charge in [-0.3, -0.25) is 19.8 Å². The van der Waals surface area contributed by atoms with Crippen LogP contribution < -0.4 is 16.0 Å². The van der Waals surface area contributed by atoms with Crippen molar-refractivity contribution in [2.75, 3.05) is 11.9 Å². The van der Waals surface area contributed by atoms with Crippen molar-refractivity contribution >= 4 is 29.5 Å². The number of nitrogens with two attached hydrogens (primary N) is 1. The monoisotopic (exact) mass is 340 g/mol. The first-order valence-corrected chi connectivity index (χ1v) is 7.70. The largest absolute Gasteiger partial charge is 0.366 e. The molecule has 3 heterocycles. The molecule has 1 fully saturated rings. The molecule has 0 spiro atoms. The number of amides is 4. The van der Waals surface area contributed by atoms with Crippen LogP contribution in [0, 0.1) is 0 Å². The second-order valence-electron chi connectivity index (χ2n) is 6.12. The molecule has 0 radical (unpaired) electrons. The molecule has 4 rings (SSSR count). The summed E-state index contributed by atoms with van der Waals surface area (Å²) in [6, 6.07) is 5.75. The number of fused-ring (bicyclic) bond motifs is 3. The third-order valence-corrected chi connectivity index (χ3v) is 4.57. The first kappa shape index (κ1) is 15.2. The summed E-state index contributed by atoms with van der Waals surface area (Å²) < 4.78 is 0. The first-order valence-electron chi connectivity index (χ1n) is 7.70. The number of imide groups is 1. The van der Waals surface area contributed by atoms with Crippen molar-refractivity contribution in [2.45, 2.75) is 19.1 Å². The highest BCUT2D eigenvalue weighted by Gasteiger charge is 2.51. The summed E-state index contributed by atoms with van der Waals surface area (Å²) in [5, 5.41) is 2.34. The number of benzene rings is 1. The molecule has 2 unspecified atom stereocenters. The molecule has 1 saturated heterocycles. The number of urea groups is 1. The number of aliphatic imine (C=N–C) groups is 1. The summed E-state index contributed by atoms with van der Waals surface area (Å²) in [5.74, 6) is -0.305. The Morgan fingerprint density at radius 1 is 1.24 bits per heavy atom. The molecule has 4 amide bonds. The number of likely N-dealkylation sites (N-methyl/N-ethyl adjacent to an activating group) is 1. The molecule has 0 aromatic heterocycles. The van der Waals surface area contributed by atoms with Crippen molar-refractivity contribution < 1.29 is 14.4 Å². The van der Waals surface area contributed by atoms with Crippen LogP contribution in [0.4, 0.5) is 10.5 Å². The maximum atomic E-state index is 12.3. The number of guanidine groups is 1. The van der Waals surface area contributed by atoms with E-state index in [1.54, 1.807) is 36.2 Å². The van der Waals surface area contributed by atoms with Gasteiger partial charge in [-0.1, -0.05) is 0 Å². The molecular formula is C16H16N6O3. The number of hydrogen-bond acceptors (Lipinski definition) is 6. The predicted octanol–water partition coefficient (Wildman–Crippen LogP) is 0.0147. The number of primary amides is 1. The minimum absolute atomic E-state index is 0.373. The Morgan fingerprint density at radius 3 is 2.56 bits per heavy atom. The fraction of sp³-hybridized carbons (Fsp3) is 0.250. The fourth-order valence-electron chi connectivity index (χ4n) is 3.29. The highest BCUT2D eigenvalue weighted by atomic mass is 16.2. The van der Waals surface area contributed by atoms with E-state index in [1.807, 2.05) is 18.0 Å². The number of nitrogens with one attached hydrogen (secondary N) is 1. The molecule has 9 nitrogen and oxygen atoms in total. The molecule has 1 aromatic carbocycles. The van der Waals surface area contributed by atoms with E-state index in [2.05, 4.69) is 10.3 Å². The van der Waals surface area contributed by atoms with E-state index in [0.29, 0.717) is 11.5 Å².